The number of rotatable bonds is 5. The molecule has 2 aliphatic rings. The molecular weight excluding hydrogens is 348 g/mol. The van der Waals surface area contributed by atoms with Crippen LogP contribution in [0, 0.1) is 0 Å². The van der Waals surface area contributed by atoms with Crippen molar-refractivity contribution in [2.45, 2.75) is 37.3 Å². The summed E-state index contributed by atoms with van der Waals surface area (Å²) in [7, 11) is -3.44. The van der Waals surface area contributed by atoms with Crippen LogP contribution in [-0.4, -0.2) is 68.3 Å². The Kier molecular flexibility index (Phi) is 5.12. The summed E-state index contributed by atoms with van der Waals surface area (Å²) in [6.07, 6.45) is -2.57. The molecule has 0 unspecified atom stereocenters. The number of aliphatic hydroxyl groups excluding tert-OH is 2. The largest absolute Gasteiger partial charge is 0.388 e. The zero-order valence-electron chi connectivity index (χ0n) is 13.8. The molecule has 0 saturated carbocycles. The number of aliphatic hydroxyl groups is 2. The SMILES string of the molecule is CS(=O)(=O)NC[C@@H]1O[C@@H](CC(=O)N2CCc3ccccc32)[C@H](O)[C@@H]1O. The maximum Gasteiger partial charge on any atom is 0.229 e. The Labute approximate surface area is 146 Å². The van der Waals surface area contributed by atoms with Crippen molar-refractivity contribution in [1.82, 2.24) is 4.72 Å². The van der Waals surface area contributed by atoms with Gasteiger partial charge >= 0.3 is 0 Å². The van der Waals surface area contributed by atoms with Crippen LogP contribution in [0.3, 0.4) is 0 Å². The lowest BCUT2D eigenvalue weighted by Gasteiger charge is -2.21. The standard InChI is InChI=1S/C16H22N2O6S/c1-25(22,23)17-9-13-16(21)15(20)12(24-13)8-14(19)18-7-6-10-4-2-3-5-11(10)18/h2-5,12-13,15-17,20-21H,6-9H2,1H3/t12-,13-,15-,16+/m0/s1. The van der Waals surface area contributed by atoms with E-state index in [2.05, 4.69) is 4.72 Å². The molecule has 0 radical (unpaired) electrons. The van der Waals surface area contributed by atoms with Gasteiger partial charge in [-0.25, -0.2) is 13.1 Å². The van der Waals surface area contributed by atoms with Gasteiger partial charge in [0, 0.05) is 18.8 Å². The van der Waals surface area contributed by atoms with Gasteiger partial charge in [-0.1, -0.05) is 18.2 Å². The summed E-state index contributed by atoms with van der Waals surface area (Å²) in [5.74, 6) is -0.196. The third-order valence-corrected chi connectivity index (χ3v) is 5.26. The van der Waals surface area contributed by atoms with Crippen LogP contribution in [0.25, 0.3) is 0 Å². The fourth-order valence-electron chi connectivity index (χ4n) is 3.28. The summed E-state index contributed by atoms with van der Waals surface area (Å²) in [5, 5.41) is 20.1. The number of nitrogens with zero attached hydrogens (tertiary/aromatic N) is 1. The molecule has 138 valence electrons. The summed E-state index contributed by atoms with van der Waals surface area (Å²) >= 11 is 0. The zero-order chi connectivity index (χ0) is 18.2. The van der Waals surface area contributed by atoms with E-state index in [0.29, 0.717) is 6.54 Å². The van der Waals surface area contributed by atoms with Crippen LogP contribution in [0.5, 0.6) is 0 Å². The number of carbonyl (C=O) groups excluding carboxylic acids is 1. The quantitative estimate of drug-likeness (QED) is 0.613. The molecule has 2 heterocycles. The topological polar surface area (TPSA) is 116 Å². The first kappa shape index (κ1) is 18.3. The molecule has 9 heteroatoms. The van der Waals surface area contributed by atoms with Crippen molar-refractivity contribution in [3.05, 3.63) is 29.8 Å². The van der Waals surface area contributed by atoms with Crippen LogP contribution in [-0.2, 0) is 26.0 Å². The summed E-state index contributed by atoms with van der Waals surface area (Å²) in [6.45, 7) is 0.414. The van der Waals surface area contributed by atoms with E-state index in [0.717, 1.165) is 23.9 Å². The first-order chi connectivity index (χ1) is 11.8. The lowest BCUT2D eigenvalue weighted by atomic mass is 10.1. The summed E-state index contributed by atoms with van der Waals surface area (Å²) in [4.78, 5) is 14.2. The molecule has 3 N–H and O–H groups in total. The number of ether oxygens (including phenoxy) is 1. The third-order valence-electron chi connectivity index (χ3n) is 4.57. The number of carbonyl (C=O) groups is 1. The number of hydrogen-bond acceptors (Lipinski definition) is 6. The number of anilines is 1. The molecule has 1 fully saturated rings. The number of benzene rings is 1. The highest BCUT2D eigenvalue weighted by Gasteiger charge is 2.44. The van der Waals surface area contributed by atoms with E-state index in [1.807, 2.05) is 24.3 Å². The molecule has 4 atom stereocenters. The van der Waals surface area contributed by atoms with Crippen molar-refractivity contribution in [2.75, 3.05) is 24.2 Å². The van der Waals surface area contributed by atoms with Gasteiger partial charge < -0.3 is 19.8 Å². The Morgan fingerprint density at radius 3 is 2.68 bits per heavy atom. The van der Waals surface area contributed by atoms with Crippen LogP contribution in [0.4, 0.5) is 5.69 Å². The number of para-hydroxylation sites is 1. The average molecular weight is 370 g/mol. The van der Waals surface area contributed by atoms with E-state index in [1.165, 1.54) is 0 Å². The van der Waals surface area contributed by atoms with Gasteiger partial charge in [0.1, 0.15) is 18.3 Å². The fourth-order valence-corrected chi connectivity index (χ4v) is 3.74. The molecular formula is C16H22N2O6S. The smallest absolute Gasteiger partial charge is 0.229 e. The average Bonchev–Trinajstić information content (AvgIpc) is 3.09. The molecule has 0 aliphatic carbocycles. The van der Waals surface area contributed by atoms with Gasteiger partial charge in [0.25, 0.3) is 0 Å². The predicted octanol–water partition coefficient (Wildman–Crippen LogP) is -0.996. The number of sulfonamides is 1. The minimum absolute atomic E-state index is 0.0814. The molecule has 1 aromatic rings. The first-order valence-corrected chi connectivity index (χ1v) is 10.00. The van der Waals surface area contributed by atoms with Crippen LogP contribution >= 0.6 is 0 Å². The lowest BCUT2D eigenvalue weighted by Crippen LogP contribution is -2.40. The normalized spacial score (nSPS) is 29.0. The molecule has 1 saturated heterocycles. The van der Waals surface area contributed by atoms with Crippen LogP contribution in [0.2, 0.25) is 0 Å². The molecule has 1 amide bonds. The number of amides is 1. The molecule has 0 spiro atoms. The van der Waals surface area contributed by atoms with E-state index < -0.39 is 34.4 Å². The van der Waals surface area contributed by atoms with Gasteiger partial charge in [0.15, 0.2) is 0 Å². The Morgan fingerprint density at radius 2 is 1.96 bits per heavy atom. The maximum absolute atomic E-state index is 12.6. The van der Waals surface area contributed by atoms with Crippen LogP contribution in [0.1, 0.15) is 12.0 Å². The molecule has 3 rings (SSSR count). The van der Waals surface area contributed by atoms with E-state index in [4.69, 9.17) is 4.74 Å². The van der Waals surface area contributed by atoms with Gasteiger partial charge in [-0.05, 0) is 18.1 Å². The first-order valence-electron chi connectivity index (χ1n) is 8.11. The Balaban J connectivity index is 1.62. The van der Waals surface area contributed by atoms with Gasteiger partial charge in [0.2, 0.25) is 15.9 Å². The van der Waals surface area contributed by atoms with Crippen LogP contribution in [0.15, 0.2) is 24.3 Å². The van der Waals surface area contributed by atoms with E-state index in [1.54, 1.807) is 4.90 Å². The van der Waals surface area contributed by atoms with Gasteiger partial charge in [-0.2, -0.15) is 0 Å². The summed E-state index contributed by atoms with van der Waals surface area (Å²) < 4.78 is 30.1. The third kappa shape index (κ3) is 4.01. The molecule has 0 aromatic heterocycles. The maximum atomic E-state index is 12.6. The van der Waals surface area contributed by atoms with Crippen molar-refractivity contribution in [2.24, 2.45) is 0 Å². The fraction of sp³-hybridized carbons (Fsp3) is 0.562. The summed E-state index contributed by atoms with van der Waals surface area (Å²) in [6, 6.07) is 7.63. The van der Waals surface area contributed by atoms with Crippen molar-refractivity contribution in [3.63, 3.8) is 0 Å². The van der Waals surface area contributed by atoms with Gasteiger partial charge in [-0.3, -0.25) is 4.79 Å². The van der Waals surface area contributed by atoms with Gasteiger partial charge in [0.05, 0.1) is 18.8 Å². The Morgan fingerprint density at radius 1 is 1.28 bits per heavy atom. The van der Waals surface area contributed by atoms with Crippen molar-refractivity contribution >= 4 is 21.6 Å². The number of nitrogens with one attached hydrogen (secondary N) is 1. The highest BCUT2D eigenvalue weighted by Crippen LogP contribution is 2.30. The van der Waals surface area contributed by atoms with Crippen LogP contribution < -0.4 is 9.62 Å². The number of hydrogen-bond donors (Lipinski definition) is 3. The van der Waals surface area contributed by atoms with Gasteiger partial charge in [-0.15, -0.1) is 0 Å². The van der Waals surface area contributed by atoms with Crippen molar-refractivity contribution < 1.29 is 28.2 Å². The van der Waals surface area contributed by atoms with Crippen molar-refractivity contribution in [3.8, 4) is 0 Å². The van der Waals surface area contributed by atoms with E-state index >= 15 is 0 Å². The Hall–Kier alpha value is -1.52. The minimum atomic E-state index is -3.44. The molecule has 8 nitrogen and oxygen atoms in total. The predicted molar refractivity (Wildman–Crippen MR) is 90.6 cm³/mol. The molecule has 25 heavy (non-hydrogen) atoms. The highest BCUT2D eigenvalue weighted by atomic mass is 32.2. The Bertz CT molecular complexity index is 753. The van der Waals surface area contributed by atoms with E-state index in [-0.39, 0.29) is 18.9 Å². The second kappa shape index (κ2) is 7.00. The van der Waals surface area contributed by atoms with E-state index in [9.17, 15) is 23.4 Å². The zero-order valence-corrected chi connectivity index (χ0v) is 14.6. The second-order valence-electron chi connectivity index (χ2n) is 6.44. The summed E-state index contributed by atoms with van der Waals surface area (Å²) in [5.41, 5.74) is 1.95. The molecule has 1 aromatic carbocycles. The number of fused-ring (bicyclic) bond motifs is 1. The molecule has 2 aliphatic heterocycles. The second-order valence-corrected chi connectivity index (χ2v) is 8.28. The molecule has 0 bridgehead atoms. The lowest BCUT2D eigenvalue weighted by molar-refractivity contribution is -0.122. The minimum Gasteiger partial charge on any atom is -0.388 e. The monoisotopic (exact) mass is 370 g/mol. The highest BCUT2D eigenvalue weighted by molar-refractivity contribution is 7.88. The van der Waals surface area contributed by atoms with Crippen molar-refractivity contribution in [1.29, 1.82) is 0 Å².